The number of nitrogens with zero attached hydrogens (tertiary/aromatic N) is 1. The maximum absolute atomic E-state index is 9.30. The quantitative estimate of drug-likeness (QED) is 0.535. The highest BCUT2D eigenvalue weighted by Crippen LogP contribution is 2.33. The molecular weight excluding hydrogens is 274 g/mol. The Bertz CT molecular complexity index is 528. The smallest absolute Gasteiger partial charge is 0.115 e. The molecule has 22 heavy (non-hydrogen) atoms. The van der Waals surface area contributed by atoms with Crippen LogP contribution in [0.3, 0.4) is 0 Å². The zero-order valence-corrected chi connectivity index (χ0v) is 13.5. The summed E-state index contributed by atoms with van der Waals surface area (Å²) in [7, 11) is 0. The number of phenols is 1. The summed E-state index contributed by atoms with van der Waals surface area (Å²) < 4.78 is 0. The maximum Gasteiger partial charge on any atom is 0.115 e. The fourth-order valence-electron chi connectivity index (χ4n) is 2.75. The van der Waals surface area contributed by atoms with Crippen LogP contribution in [0.4, 0.5) is 5.69 Å². The molecule has 0 unspecified atom stereocenters. The first kappa shape index (κ1) is 16.4. The number of anilines is 1. The van der Waals surface area contributed by atoms with Gasteiger partial charge in [0.05, 0.1) is 0 Å². The average molecular weight is 301 g/mol. The van der Waals surface area contributed by atoms with E-state index in [1.54, 1.807) is 12.1 Å². The number of allylic oxidation sites excluding steroid dienone is 2. The third-order valence-corrected chi connectivity index (χ3v) is 4.01. The molecule has 4 N–H and O–H groups in total. The van der Waals surface area contributed by atoms with Gasteiger partial charge in [0.15, 0.2) is 0 Å². The molecule has 4 nitrogen and oxygen atoms in total. The van der Waals surface area contributed by atoms with Gasteiger partial charge in [-0.25, -0.2) is 0 Å². The molecule has 0 aliphatic carbocycles. The lowest BCUT2D eigenvalue weighted by Crippen LogP contribution is -2.56. The van der Waals surface area contributed by atoms with Gasteiger partial charge in [0, 0.05) is 36.4 Å². The number of rotatable bonds is 7. The van der Waals surface area contributed by atoms with Crippen molar-refractivity contribution in [1.82, 2.24) is 4.90 Å². The minimum atomic E-state index is 0.272. The van der Waals surface area contributed by atoms with Gasteiger partial charge in [-0.05, 0) is 50.2 Å². The van der Waals surface area contributed by atoms with E-state index in [2.05, 4.69) is 42.3 Å². The molecule has 0 radical (unpaired) electrons. The molecule has 1 saturated heterocycles. The first-order valence-electron chi connectivity index (χ1n) is 7.87. The number of hydrogen-bond acceptors (Lipinski definition) is 4. The van der Waals surface area contributed by atoms with Crippen molar-refractivity contribution in [3.05, 3.63) is 48.2 Å². The van der Waals surface area contributed by atoms with Crippen LogP contribution in [0.25, 0.3) is 0 Å². The van der Waals surface area contributed by atoms with Gasteiger partial charge in [-0.15, -0.1) is 0 Å². The highest BCUT2D eigenvalue weighted by molar-refractivity contribution is 5.46. The predicted octanol–water partition coefficient (Wildman–Crippen LogP) is 2.93. The lowest BCUT2D eigenvalue weighted by molar-refractivity contribution is 0.0622. The van der Waals surface area contributed by atoms with Crippen molar-refractivity contribution < 1.29 is 5.11 Å². The number of phenolic OH excluding ortho intramolecular Hbond substituents is 1. The van der Waals surface area contributed by atoms with E-state index in [1.165, 1.54) is 5.70 Å². The van der Waals surface area contributed by atoms with Crippen LogP contribution in [-0.2, 0) is 0 Å². The second kappa shape index (κ2) is 7.36. The normalized spacial score (nSPS) is 17.6. The number of benzene rings is 1. The standard InChI is InChI=1S/C18H27N3O/c1-3-16(6-4-5-11-19)21-13-18(2,14-21)12-20-15-7-9-17(22)10-8-15/h3-4,6-10,20,22H,5,11-14,19H2,1-2H3/b6-4-,16-3+. The average Bonchev–Trinajstić information content (AvgIpc) is 2.49. The van der Waals surface area contributed by atoms with Crippen molar-refractivity contribution in [2.24, 2.45) is 11.1 Å². The molecule has 1 aliphatic rings. The van der Waals surface area contributed by atoms with E-state index in [9.17, 15) is 5.11 Å². The molecule has 0 saturated carbocycles. The number of nitrogens with one attached hydrogen (secondary N) is 1. The zero-order valence-electron chi connectivity index (χ0n) is 13.5. The van der Waals surface area contributed by atoms with E-state index in [0.717, 1.165) is 31.7 Å². The van der Waals surface area contributed by atoms with E-state index in [4.69, 9.17) is 5.73 Å². The third kappa shape index (κ3) is 4.28. The maximum atomic E-state index is 9.30. The first-order chi connectivity index (χ1) is 10.6. The summed E-state index contributed by atoms with van der Waals surface area (Å²) in [6.07, 6.45) is 7.38. The van der Waals surface area contributed by atoms with Gasteiger partial charge in [-0.2, -0.15) is 0 Å². The van der Waals surface area contributed by atoms with Gasteiger partial charge in [0.1, 0.15) is 5.75 Å². The van der Waals surface area contributed by atoms with Crippen LogP contribution in [0.15, 0.2) is 48.2 Å². The Morgan fingerprint density at radius 1 is 1.36 bits per heavy atom. The highest BCUT2D eigenvalue weighted by Gasteiger charge is 2.38. The highest BCUT2D eigenvalue weighted by atomic mass is 16.3. The predicted molar refractivity (Wildman–Crippen MR) is 92.8 cm³/mol. The lowest BCUT2D eigenvalue weighted by atomic mass is 9.81. The minimum Gasteiger partial charge on any atom is -0.508 e. The Hall–Kier alpha value is -1.94. The molecule has 0 bridgehead atoms. The largest absolute Gasteiger partial charge is 0.508 e. The Balaban J connectivity index is 1.81. The summed E-state index contributed by atoms with van der Waals surface area (Å²) in [6.45, 7) is 8.09. The van der Waals surface area contributed by atoms with E-state index in [0.29, 0.717) is 12.3 Å². The summed E-state index contributed by atoms with van der Waals surface area (Å²) in [5.41, 5.74) is 8.11. The van der Waals surface area contributed by atoms with Crippen molar-refractivity contribution in [1.29, 1.82) is 0 Å². The van der Waals surface area contributed by atoms with Crippen molar-refractivity contribution in [3.63, 3.8) is 0 Å². The summed E-state index contributed by atoms with van der Waals surface area (Å²) in [4.78, 5) is 2.39. The molecule has 0 spiro atoms. The molecular formula is C18H27N3O. The van der Waals surface area contributed by atoms with Gasteiger partial charge in [0.2, 0.25) is 0 Å². The molecule has 120 valence electrons. The topological polar surface area (TPSA) is 61.5 Å². The van der Waals surface area contributed by atoms with Crippen LogP contribution in [0.2, 0.25) is 0 Å². The number of likely N-dealkylation sites (tertiary alicyclic amines) is 1. The number of hydrogen-bond donors (Lipinski definition) is 3. The van der Waals surface area contributed by atoms with Crippen LogP contribution in [0, 0.1) is 5.41 Å². The van der Waals surface area contributed by atoms with E-state index in [1.807, 2.05) is 12.1 Å². The fraction of sp³-hybridized carbons (Fsp3) is 0.444. The number of aromatic hydroxyl groups is 1. The molecule has 2 rings (SSSR count). The Kier molecular flexibility index (Phi) is 5.50. The van der Waals surface area contributed by atoms with Gasteiger partial charge >= 0.3 is 0 Å². The van der Waals surface area contributed by atoms with Crippen LogP contribution in [0.1, 0.15) is 20.3 Å². The van der Waals surface area contributed by atoms with Gasteiger partial charge < -0.3 is 21.1 Å². The van der Waals surface area contributed by atoms with Crippen LogP contribution in [0.5, 0.6) is 5.75 Å². The molecule has 0 atom stereocenters. The van der Waals surface area contributed by atoms with E-state index in [-0.39, 0.29) is 5.41 Å². The summed E-state index contributed by atoms with van der Waals surface area (Å²) in [5, 5.41) is 12.8. The second-order valence-electron chi connectivity index (χ2n) is 6.26. The van der Waals surface area contributed by atoms with E-state index < -0.39 is 0 Å². The molecule has 1 heterocycles. The van der Waals surface area contributed by atoms with Crippen molar-refractivity contribution in [3.8, 4) is 5.75 Å². The second-order valence-corrected chi connectivity index (χ2v) is 6.26. The fourth-order valence-corrected chi connectivity index (χ4v) is 2.75. The van der Waals surface area contributed by atoms with Crippen molar-refractivity contribution in [2.75, 3.05) is 31.5 Å². The molecule has 1 aliphatic heterocycles. The van der Waals surface area contributed by atoms with Crippen molar-refractivity contribution in [2.45, 2.75) is 20.3 Å². The molecule has 1 aromatic carbocycles. The molecule has 1 fully saturated rings. The Labute approximate surface area is 133 Å². The molecule has 0 aromatic heterocycles. The lowest BCUT2D eigenvalue weighted by Gasteiger charge is -2.50. The van der Waals surface area contributed by atoms with Gasteiger partial charge in [0.25, 0.3) is 0 Å². The van der Waals surface area contributed by atoms with Gasteiger partial charge in [-0.3, -0.25) is 0 Å². The Morgan fingerprint density at radius 3 is 2.64 bits per heavy atom. The first-order valence-corrected chi connectivity index (χ1v) is 7.87. The SMILES string of the molecule is C/C=C(\C=C/CCN)N1CC(C)(CNc2ccc(O)cc2)C1. The molecule has 4 heteroatoms. The third-order valence-electron chi connectivity index (χ3n) is 4.01. The summed E-state index contributed by atoms with van der Waals surface area (Å²) >= 11 is 0. The summed E-state index contributed by atoms with van der Waals surface area (Å²) in [6, 6.07) is 7.22. The number of nitrogens with two attached hydrogens (primary N) is 1. The monoisotopic (exact) mass is 301 g/mol. The van der Waals surface area contributed by atoms with Gasteiger partial charge in [-0.1, -0.05) is 19.1 Å². The van der Waals surface area contributed by atoms with Crippen LogP contribution >= 0.6 is 0 Å². The van der Waals surface area contributed by atoms with Crippen LogP contribution < -0.4 is 11.1 Å². The van der Waals surface area contributed by atoms with Crippen molar-refractivity contribution >= 4 is 5.69 Å². The Morgan fingerprint density at radius 2 is 2.05 bits per heavy atom. The van der Waals surface area contributed by atoms with Crippen LogP contribution in [-0.4, -0.2) is 36.2 Å². The molecule has 1 aromatic rings. The minimum absolute atomic E-state index is 0.272. The summed E-state index contributed by atoms with van der Waals surface area (Å²) in [5.74, 6) is 0.300. The van der Waals surface area contributed by atoms with E-state index >= 15 is 0 Å². The zero-order chi connectivity index (χ0) is 16.0. The molecule has 0 amide bonds.